The molecule has 3 aromatic rings. The van der Waals surface area contributed by atoms with Gasteiger partial charge >= 0.3 is 5.69 Å². The lowest BCUT2D eigenvalue weighted by atomic mass is 10.2. The van der Waals surface area contributed by atoms with E-state index in [9.17, 15) is 22.8 Å². The number of nitrogens with one attached hydrogen (secondary N) is 1. The zero-order valence-electron chi connectivity index (χ0n) is 17.0. The lowest BCUT2D eigenvalue weighted by Gasteiger charge is -2.14. The average molecular weight is 446 g/mol. The van der Waals surface area contributed by atoms with E-state index < -0.39 is 32.7 Å². The molecule has 1 amide bonds. The van der Waals surface area contributed by atoms with E-state index in [0.717, 1.165) is 17.4 Å². The first-order chi connectivity index (χ1) is 14.5. The highest BCUT2D eigenvalue weighted by molar-refractivity contribution is 7.89. The maximum Gasteiger partial charge on any atom is 0.331 e. The summed E-state index contributed by atoms with van der Waals surface area (Å²) >= 11 is 0. The van der Waals surface area contributed by atoms with Crippen molar-refractivity contribution in [2.45, 2.75) is 43.3 Å². The Balaban J connectivity index is 1.78. The third-order valence-corrected chi connectivity index (χ3v) is 7.00. The highest BCUT2D eigenvalue weighted by Crippen LogP contribution is 2.36. The van der Waals surface area contributed by atoms with Gasteiger partial charge in [0.1, 0.15) is 6.54 Å². The summed E-state index contributed by atoms with van der Waals surface area (Å²) < 4.78 is 31.7. The van der Waals surface area contributed by atoms with Gasteiger partial charge in [-0.25, -0.2) is 17.9 Å². The Morgan fingerprint density at radius 1 is 1.29 bits per heavy atom. The van der Waals surface area contributed by atoms with Crippen molar-refractivity contribution in [3.05, 3.63) is 57.0 Å². The van der Waals surface area contributed by atoms with Gasteiger partial charge in [-0.05, 0) is 38.0 Å². The van der Waals surface area contributed by atoms with Gasteiger partial charge in [-0.2, -0.15) is 5.10 Å². The molecule has 0 radical (unpaired) electrons. The summed E-state index contributed by atoms with van der Waals surface area (Å²) in [5.41, 5.74) is 4.36. The molecule has 0 spiro atoms. The molecule has 1 aliphatic carbocycles. The Hall–Kier alpha value is -3.25. The molecule has 1 fully saturated rings. The van der Waals surface area contributed by atoms with Crippen molar-refractivity contribution < 1.29 is 13.2 Å². The zero-order valence-corrected chi connectivity index (χ0v) is 17.8. The number of nitrogens with zero attached hydrogens (tertiary/aromatic N) is 4. The molecule has 2 heterocycles. The molecular formula is C19H22N6O5S. The van der Waals surface area contributed by atoms with Gasteiger partial charge in [0.25, 0.3) is 5.56 Å². The molecule has 0 atom stereocenters. The minimum atomic E-state index is -3.81. The normalized spacial score (nSPS) is 15.3. The Morgan fingerprint density at radius 3 is 2.65 bits per heavy atom. The maximum absolute atomic E-state index is 13.1. The van der Waals surface area contributed by atoms with E-state index in [0.29, 0.717) is 11.1 Å². The number of carbonyl (C=O) groups is 1. The van der Waals surface area contributed by atoms with Crippen molar-refractivity contribution in [3.8, 4) is 0 Å². The number of carbonyl (C=O) groups excluding carboxylic acids is 1. The average Bonchev–Trinajstić information content (AvgIpc) is 3.24. The number of amides is 1. The fourth-order valence-corrected chi connectivity index (χ4v) is 4.88. The standard InChI is InChI=1S/C19H22N6O5S/c1-19(5-6-19)22-31(29,30)13-3-4-15-14(7-13)17(27)25(18(28)23(15)2)10-12-8-21-24(9-12)11-16(20)26/h3-4,7-9,22H,5-6,10-11H2,1-2H3,(H2,20,26). The van der Waals surface area contributed by atoms with E-state index in [1.807, 2.05) is 6.92 Å². The predicted molar refractivity (Wildman–Crippen MR) is 112 cm³/mol. The molecule has 1 aliphatic rings. The van der Waals surface area contributed by atoms with Crippen molar-refractivity contribution in [1.29, 1.82) is 0 Å². The van der Waals surface area contributed by atoms with Crippen LogP contribution >= 0.6 is 0 Å². The van der Waals surface area contributed by atoms with E-state index in [1.165, 1.54) is 46.9 Å². The first-order valence-corrected chi connectivity index (χ1v) is 11.0. The van der Waals surface area contributed by atoms with Crippen molar-refractivity contribution in [1.82, 2.24) is 23.6 Å². The molecule has 0 aliphatic heterocycles. The van der Waals surface area contributed by atoms with Crippen LogP contribution in [0.2, 0.25) is 0 Å². The molecule has 0 bridgehead atoms. The fraction of sp³-hybridized carbons (Fsp3) is 0.368. The third-order valence-electron chi connectivity index (χ3n) is 5.36. The topological polar surface area (TPSA) is 151 Å². The van der Waals surface area contributed by atoms with Crippen molar-refractivity contribution >= 4 is 26.8 Å². The number of benzene rings is 1. The van der Waals surface area contributed by atoms with Crippen LogP contribution in [0.25, 0.3) is 10.9 Å². The third kappa shape index (κ3) is 4.03. The quantitative estimate of drug-likeness (QED) is 0.488. The molecule has 4 rings (SSSR count). The molecule has 1 aromatic carbocycles. The second kappa shape index (κ2) is 7.17. The van der Waals surface area contributed by atoms with Crippen LogP contribution < -0.4 is 21.7 Å². The van der Waals surface area contributed by atoms with E-state index in [2.05, 4.69) is 9.82 Å². The first kappa shape index (κ1) is 21.0. The van der Waals surface area contributed by atoms with Gasteiger partial charge in [-0.3, -0.25) is 23.4 Å². The molecule has 0 unspecified atom stereocenters. The van der Waals surface area contributed by atoms with Gasteiger partial charge in [0.2, 0.25) is 15.9 Å². The lowest BCUT2D eigenvalue weighted by Crippen LogP contribution is -2.39. The first-order valence-electron chi connectivity index (χ1n) is 9.56. The smallest absolute Gasteiger partial charge is 0.331 e. The zero-order chi connectivity index (χ0) is 22.6. The summed E-state index contributed by atoms with van der Waals surface area (Å²) in [6.45, 7) is 1.60. The SMILES string of the molecule is Cn1c(=O)n(Cc2cnn(CC(N)=O)c2)c(=O)c2cc(S(=O)(=O)NC3(C)CC3)ccc21. The maximum atomic E-state index is 13.1. The van der Waals surface area contributed by atoms with Crippen LogP contribution in [0, 0.1) is 0 Å². The van der Waals surface area contributed by atoms with Gasteiger partial charge in [-0.1, -0.05) is 0 Å². The Morgan fingerprint density at radius 2 is 2.00 bits per heavy atom. The van der Waals surface area contributed by atoms with Crippen LogP contribution in [0.15, 0.2) is 45.1 Å². The number of aromatic nitrogens is 4. The van der Waals surface area contributed by atoms with Crippen LogP contribution in [0.5, 0.6) is 0 Å². The lowest BCUT2D eigenvalue weighted by molar-refractivity contribution is -0.118. The van der Waals surface area contributed by atoms with Crippen LogP contribution in [-0.2, 0) is 35.0 Å². The Labute approximate surface area is 177 Å². The second-order valence-corrected chi connectivity index (χ2v) is 9.77. The second-order valence-electron chi connectivity index (χ2n) is 8.09. The van der Waals surface area contributed by atoms with E-state index >= 15 is 0 Å². The molecule has 3 N–H and O–H groups in total. The molecule has 12 heteroatoms. The molecule has 1 saturated carbocycles. The fourth-order valence-electron chi connectivity index (χ4n) is 3.39. The number of hydrogen-bond acceptors (Lipinski definition) is 6. The number of hydrogen-bond donors (Lipinski definition) is 2. The van der Waals surface area contributed by atoms with Crippen molar-refractivity contribution in [3.63, 3.8) is 0 Å². The number of aryl methyl sites for hydroxylation is 1. The molecule has 164 valence electrons. The Kier molecular flexibility index (Phi) is 4.85. The largest absolute Gasteiger partial charge is 0.368 e. The van der Waals surface area contributed by atoms with Crippen molar-refractivity contribution in [2.75, 3.05) is 0 Å². The highest BCUT2D eigenvalue weighted by atomic mass is 32.2. The van der Waals surface area contributed by atoms with Gasteiger partial charge in [-0.15, -0.1) is 0 Å². The van der Waals surface area contributed by atoms with E-state index in [4.69, 9.17) is 5.73 Å². The molecular weight excluding hydrogens is 424 g/mol. The summed E-state index contributed by atoms with van der Waals surface area (Å²) in [4.78, 5) is 36.9. The molecule has 2 aromatic heterocycles. The number of sulfonamides is 1. The van der Waals surface area contributed by atoms with Crippen LogP contribution in [0.4, 0.5) is 0 Å². The molecule has 0 saturated heterocycles. The van der Waals surface area contributed by atoms with Gasteiger partial charge in [0.05, 0.1) is 28.5 Å². The minimum absolute atomic E-state index is 0.0373. The van der Waals surface area contributed by atoms with Crippen LogP contribution in [0.3, 0.4) is 0 Å². The number of fused-ring (bicyclic) bond motifs is 1. The van der Waals surface area contributed by atoms with Gasteiger partial charge < -0.3 is 5.73 Å². The van der Waals surface area contributed by atoms with Crippen molar-refractivity contribution in [2.24, 2.45) is 12.8 Å². The summed E-state index contributed by atoms with van der Waals surface area (Å²) in [6, 6.07) is 4.13. The summed E-state index contributed by atoms with van der Waals surface area (Å²) in [5.74, 6) is -0.573. The van der Waals surface area contributed by atoms with Crippen LogP contribution in [-0.4, -0.2) is 38.8 Å². The minimum Gasteiger partial charge on any atom is -0.368 e. The molecule has 31 heavy (non-hydrogen) atoms. The monoisotopic (exact) mass is 446 g/mol. The van der Waals surface area contributed by atoms with E-state index in [1.54, 1.807) is 0 Å². The van der Waals surface area contributed by atoms with Gasteiger partial charge in [0.15, 0.2) is 0 Å². The number of primary amides is 1. The molecule has 11 nitrogen and oxygen atoms in total. The number of nitrogens with two attached hydrogens (primary N) is 1. The van der Waals surface area contributed by atoms with Crippen LogP contribution in [0.1, 0.15) is 25.3 Å². The van der Waals surface area contributed by atoms with E-state index in [-0.39, 0.29) is 23.4 Å². The highest BCUT2D eigenvalue weighted by Gasteiger charge is 2.41. The van der Waals surface area contributed by atoms with Gasteiger partial charge in [0, 0.05) is 24.3 Å². The summed E-state index contributed by atoms with van der Waals surface area (Å²) in [7, 11) is -2.30. The summed E-state index contributed by atoms with van der Waals surface area (Å²) in [6.07, 6.45) is 4.46. The Bertz CT molecular complexity index is 1430. The number of rotatable bonds is 7. The predicted octanol–water partition coefficient (Wildman–Crippen LogP) is -0.739. The summed E-state index contributed by atoms with van der Waals surface area (Å²) in [5, 5.41) is 4.09.